The largest absolute Gasteiger partial charge is 0.325 e. The number of nitrogens with zero attached hydrogens (tertiary/aromatic N) is 3. The van der Waals surface area contributed by atoms with Crippen molar-refractivity contribution in [1.82, 2.24) is 4.90 Å². The predicted molar refractivity (Wildman–Crippen MR) is 132 cm³/mol. The lowest BCUT2D eigenvalue weighted by Gasteiger charge is -2.27. The molecule has 2 aliphatic rings. The van der Waals surface area contributed by atoms with Crippen LogP contribution in [0.25, 0.3) is 0 Å². The highest BCUT2D eigenvalue weighted by molar-refractivity contribution is 8.15. The van der Waals surface area contributed by atoms with Gasteiger partial charge >= 0.3 is 0 Å². The third-order valence-electron chi connectivity index (χ3n) is 5.27. The number of anilines is 1. The van der Waals surface area contributed by atoms with Crippen LogP contribution in [-0.2, 0) is 9.59 Å². The van der Waals surface area contributed by atoms with Crippen molar-refractivity contribution in [2.24, 2.45) is 15.9 Å². The highest BCUT2D eigenvalue weighted by atomic mass is 35.5. The number of hydrogen-bond donors (Lipinski definition) is 1. The third-order valence-corrected chi connectivity index (χ3v) is 6.83. The second kappa shape index (κ2) is 9.46. The average Bonchev–Trinajstić information content (AvgIpc) is 3.09. The van der Waals surface area contributed by atoms with E-state index in [9.17, 15) is 9.59 Å². The van der Waals surface area contributed by atoms with Crippen molar-refractivity contribution in [1.29, 1.82) is 0 Å². The molecule has 2 aliphatic heterocycles. The molecule has 4 rings (SSSR count). The molecule has 0 fully saturated rings. The van der Waals surface area contributed by atoms with Gasteiger partial charge in [-0.3, -0.25) is 14.6 Å². The molecule has 2 heterocycles. The highest BCUT2D eigenvalue weighted by Crippen LogP contribution is 2.36. The van der Waals surface area contributed by atoms with Gasteiger partial charge in [0.05, 0.1) is 10.9 Å². The topological polar surface area (TPSA) is 74.1 Å². The first kappa shape index (κ1) is 22.6. The van der Waals surface area contributed by atoms with Gasteiger partial charge in [-0.1, -0.05) is 56.3 Å². The summed E-state index contributed by atoms with van der Waals surface area (Å²) in [6.07, 6.45) is 1.25. The molecule has 0 bridgehead atoms. The summed E-state index contributed by atoms with van der Waals surface area (Å²) in [4.78, 5) is 37.3. The fourth-order valence-electron chi connectivity index (χ4n) is 3.69. The molecule has 6 nitrogen and oxygen atoms in total. The molecule has 166 valence electrons. The van der Waals surface area contributed by atoms with Crippen LogP contribution < -0.4 is 5.32 Å². The van der Waals surface area contributed by atoms with Crippen LogP contribution >= 0.6 is 23.4 Å². The average molecular weight is 469 g/mol. The molecule has 2 amide bonds. The minimum absolute atomic E-state index is 0.0811. The minimum atomic E-state index is -0.426. The maximum Gasteiger partial charge on any atom is 0.259 e. The quantitative estimate of drug-likeness (QED) is 0.608. The van der Waals surface area contributed by atoms with Crippen molar-refractivity contribution in [3.8, 4) is 0 Å². The van der Waals surface area contributed by atoms with E-state index in [1.54, 1.807) is 29.2 Å². The monoisotopic (exact) mass is 468 g/mol. The number of hydrogen-bond acceptors (Lipinski definition) is 5. The van der Waals surface area contributed by atoms with E-state index < -0.39 is 11.3 Å². The van der Waals surface area contributed by atoms with E-state index in [4.69, 9.17) is 21.6 Å². The molecule has 0 aliphatic carbocycles. The summed E-state index contributed by atoms with van der Waals surface area (Å²) in [5.74, 6) is 0.737. The van der Waals surface area contributed by atoms with Gasteiger partial charge < -0.3 is 5.32 Å². The van der Waals surface area contributed by atoms with Gasteiger partial charge in [-0.05, 0) is 55.2 Å². The Kier molecular flexibility index (Phi) is 6.67. The predicted octanol–water partition coefficient (Wildman–Crippen LogP) is 5.50. The molecule has 2 aromatic carbocycles. The Balaban J connectivity index is 1.61. The maximum atomic E-state index is 13.3. The van der Waals surface area contributed by atoms with Gasteiger partial charge in [0, 0.05) is 16.3 Å². The molecule has 2 aromatic rings. The van der Waals surface area contributed by atoms with Crippen LogP contribution in [-0.4, -0.2) is 39.0 Å². The number of amidine groups is 2. The number of carbonyl (C=O) groups excluding carboxylic acids is 2. The zero-order valence-electron chi connectivity index (χ0n) is 18.2. The van der Waals surface area contributed by atoms with Gasteiger partial charge in [0.1, 0.15) is 11.9 Å². The summed E-state index contributed by atoms with van der Waals surface area (Å²) in [6, 6.07) is 14.2. The summed E-state index contributed by atoms with van der Waals surface area (Å²) in [5, 5.41) is 3.61. The highest BCUT2D eigenvalue weighted by Gasteiger charge is 2.42. The first-order valence-corrected chi connectivity index (χ1v) is 12.0. The van der Waals surface area contributed by atoms with Gasteiger partial charge in [0.25, 0.3) is 5.91 Å². The number of benzene rings is 2. The normalized spacial score (nSPS) is 18.1. The van der Waals surface area contributed by atoms with E-state index in [0.29, 0.717) is 40.5 Å². The van der Waals surface area contributed by atoms with Gasteiger partial charge in [-0.25, -0.2) is 9.89 Å². The number of nitrogens with one attached hydrogen (secondary N) is 1. The zero-order valence-corrected chi connectivity index (χ0v) is 19.8. The molecule has 0 radical (unpaired) electrons. The smallest absolute Gasteiger partial charge is 0.259 e. The fourth-order valence-corrected chi connectivity index (χ4v) is 4.83. The Morgan fingerprint density at radius 3 is 2.59 bits per heavy atom. The summed E-state index contributed by atoms with van der Waals surface area (Å²) >= 11 is 7.23. The number of halogens is 1. The number of carbonyl (C=O) groups is 2. The van der Waals surface area contributed by atoms with Crippen LogP contribution in [0.15, 0.2) is 58.5 Å². The second-order valence-corrected chi connectivity index (χ2v) is 9.80. The number of aliphatic imine (C=N–C) groups is 2. The van der Waals surface area contributed by atoms with Crippen molar-refractivity contribution < 1.29 is 9.59 Å². The van der Waals surface area contributed by atoms with Crippen molar-refractivity contribution >= 4 is 57.6 Å². The Morgan fingerprint density at radius 1 is 1.19 bits per heavy atom. The van der Waals surface area contributed by atoms with Gasteiger partial charge in [0.15, 0.2) is 5.17 Å². The zero-order chi connectivity index (χ0) is 22.8. The first-order chi connectivity index (χ1) is 15.4. The van der Waals surface area contributed by atoms with E-state index in [0.717, 1.165) is 11.3 Å². The minimum Gasteiger partial charge on any atom is -0.325 e. The number of amides is 2. The Bertz CT molecular complexity index is 1100. The fraction of sp³-hybridized carbons (Fsp3) is 0.333. The molecule has 1 N–H and O–H groups in total. The molecular formula is C24H25ClN4O2S. The van der Waals surface area contributed by atoms with E-state index in [1.165, 1.54) is 11.8 Å². The molecule has 0 saturated heterocycles. The summed E-state index contributed by atoms with van der Waals surface area (Å²) in [7, 11) is 0. The van der Waals surface area contributed by atoms with Gasteiger partial charge in [-0.2, -0.15) is 0 Å². The first-order valence-electron chi connectivity index (χ1n) is 10.7. The van der Waals surface area contributed by atoms with Crippen LogP contribution in [0.1, 0.15) is 39.2 Å². The van der Waals surface area contributed by atoms with E-state index in [-0.39, 0.29) is 11.8 Å². The summed E-state index contributed by atoms with van der Waals surface area (Å²) in [5.41, 5.74) is 2.27. The van der Waals surface area contributed by atoms with Gasteiger partial charge in [-0.15, -0.1) is 0 Å². The Morgan fingerprint density at radius 2 is 1.91 bits per heavy atom. The maximum absolute atomic E-state index is 13.3. The van der Waals surface area contributed by atoms with Crippen molar-refractivity contribution in [2.45, 2.75) is 44.9 Å². The number of rotatable bonds is 6. The molecule has 0 spiro atoms. The molecule has 0 saturated carbocycles. The van der Waals surface area contributed by atoms with E-state index in [1.807, 2.05) is 31.2 Å². The van der Waals surface area contributed by atoms with Gasteiger partial charge in [0.2, 0.25) is 5.91 Å². The van der Waals surface area contributed by atoms with Crippen molar-refractivity contribution in [3.05, 3.63) is 59.1 Å². The Hall–Kier alpha value is -2.64. The molecule has 8 heteroatoms. The lowest BCUT2D eigenvalue weighted by atomic mass is 10.0. The van der Waals surface area contributed by atoms with Crippen LogP contribution in [0.2, 0.25) is 5.02 Å². The lowest BCUT2D eigenvalue weighted by Crippen LogP contribution is -2.42. The number of fused-ring (bicyclic) bond motifs is 3. The van der Waals surface area contributed by atoms with Crippen LogP contribution in [0.5, 0.6) is 0 Å². The molecule has 0 unspecified atom stereocenters. The van der Waals surface area contributed by atoms with Crippen LogP contribution in [0, 0.1) is 5.92 Å². The number of para-hydroxylation sites is 1. The van der Waals surface area contributed by atoms with Crippen LogP contribution in [0.4, 0.5) is 11.4 Å². The van der Waals surface area contributed by atoms with E-state index >= 15 is 0 Å². The molecule has 32 heavy (non-hydrogen) atoms. The van der Waals surface area contributed by atoms with Crippen molar-refractivity contribution in [3.63, 3.8) is 0 Å². The summed E-state index contributed by atoms with van der Waals surface area (Å²) in [6.45, 7) is 6.10. The molecule has 0 aromatic heterocycles. The standard InChI is InChI=1S/C24H25ClN4O2S/c1-4-20(22(30)26-16-11-9-15(25)10-12-16)32-24-28-18-8-6-5-7-17(18)21-27-19(13-14(2)3)23(31)29(21)24/h5-12,14,19-20H,4,13H2,1-3H3,(H,26,30)/t19-,20+/m1/s1. The van der Waals surface area contributed by atoms with Crippen molar-refractivity contribution in [2.75, 3.05) is 5.32 Å². The summed E-state index contributed by atoms with van der Waals surface area (Å²) < 4.78 is 0. The second-order valence-electron chi connectivity index (χ2n) is 8.19. The Labute approximate surface area is 197 Å². The lowest BCUT2D eigenvalue weighted by molar-refractivity contribution is -0.125. The SMILES string of the molecule is CC[C@H](SC1=Nc2ccccc2C2=N[C@H](CC(C)C)C(=O)N12)C(=O)Nc1ccc(Cl)cc1. The molecule has 2 atom stereocenters. The van der Waals surface area contributed by atoms with E-state index in [2.05, 4.69) is 19.2 Å². The third kappa shape index (κ3) is 4.59. The van der Waals surface area contributed by atoms with Crippen LogP contribution in [0.3, 0.4) is 0 Å². The molecular weight excluding hydrogens is 444 g/mol. The number of thioether (sulfide) groups is 1.